The van der Waals surface area contributed by atoms with Crippen LogP contribution in [-0.4, -0.2) is 46.8 Å². The SMILES string of the molecule is CCN(CC(C)(C)O)C(=O)C(C)OC1CCCCCC1. The van der Waals surface area contributed by atoms with Crippen molar-refractivity contribution in [3.05, 3.63) is 0 Å². The number of carbonyl (C=O) groups excluding carboxylic acids is 1. The van der Waals surface area contributed by atoms with Gasteiger partial charge in [0.1, 0.15) is 6.10 Å². The summed E-state index contributed by atoms with van der Waals surface area (Å²) < 4.78 is 5.96. The van der Waals surface area contributed by atoms with Crippen LogP contribution in [0.25, 0.3) is 0 Å². The molecule has 1 atom stereocenters. The highest BCUT2D eigenvalue weighted by Gasteiger charge is 2.27. The minimum atomic E-state index is -0.867. The fraction of sp³-hybridized carbons (Fsp3) is 0.938. The molecule has 1 aliphatic rings. The van der Waals surface area contributed by atoms with E-state index in [2.05, 4.69) is 0 Å². The van der Waals surface area contributed by atoms with E-state index in [0.29, 0.717) is 13.1 Å². The summed E-state index contributed by atoms with van der Waals surface area (Å²) in [6.45, 7) is 8.16. The number of ether oxygens (including phenoxy) is 1. The number of hydrogen-bond donors (Lipinski definition) is 1. The largest absolute Gasteiger partial charge is 0.389 e. The Labute approximate surface area is 123 Å². The van der Waals surface area contributed by atoms with E-state index < -0.39 is 11.7 Å². The van der Waals surface area contributed by atoms with Gasteiger partial charge in [0.2, 0.25) is 0 Å². The first-order valence-electron chi connectivity index (χ1n) is 8.00. The molecule has 1 saturated carbocycles. The van der Waals surface area contributed by atoms with E-state index in [-0.39, 0.29) is 12.0 Å². The van der Waals surface area contributed by atoms with Crippen LogP contribution in [0.1, 0.15) is 66.2 Å². The number of likely N-dealkylation sites (N-methyl/N-ethyl adjacent to an activating group) is 1. The predicted octanol–water partition coefficient (Wildman–Crippen LogP) is 2.73. The summed E-state index contributed by atoms with van der Waals surface area (Å²) in [5.41, 5.74) is -0.867. The van der Waals surface area contributed by atoms with Crippen molar-refractivity contribution >= 4 is 5.91 Å². The average Bonchev–Trinajstić information content (AvgIpc) is 2.62. The normalized spacial score (nSPS) is 19.4. The van der Waals surface area contributed by atoms with Gasteiger partial charge >= 0.3 is 0 Å². The van der Waals surface area contributed by atoms with E-state index in [1.807, 2.05) is 13.8 Å². The van der Waals surface area contributed by atoms with Crippen LogP contribution in [0.15, 0.2) is 0 Å². The summed E-state index contributed by atoms with van der Waals surface area (Å²) in [5, 5.41) is 9.87. The molecule has 0 aromatic heterocycles. The molecule has 0 saturated heterocycles. The summed E-state index contributed by atoms with van der Waals surface area (Å²) in [5.74, 6) is -0.0149. The fourth-order valence-corrected chi connectivity index (χ4v) is 2.79. The Morgan fingerprint density at radius 3 is 2.30 bits per heavy atom. The fourth-order valence-electron chi connectivity index (χ4n) is 2.79. The van der Waals surface area contributed by atoms with Crippen molar-refractivity contribution in [2.75, 3.05) is 13.1 Å². The quantitative estimate of drug-likeness (QED) is 0.763. The lowest BCUT2D eigenvalue weighted by atomic mass is 10.1. The summed E-state index contributed by atoms with van der Waals surface area (Å²) in [4.78, 5) is 14.1. The number of aliphatic hydroxyl groups is 1. The highest BCUT2D eigenvalue weighted by Crippen LogP contribution is 2.21. The molecule has 0 aromatic carbocycles. The van der Waals surface area contributed by atoms with Crippen molar-refractivity contribution in [1.82, 2.24) is 4.90 Å². The summed E-state index contributed by atoms with van der Waals surface area (Å²) in [7, 11) is 0. The lowest BCUT2D eigenvalue weighted by molar-refractivity contribution is -0.149. The van der Waals surface area contributed by atoms with E-state index >= 15 is 0 Å². The first-order valence-corrected chi connectivity index (χ1v) is 8.00. The molecule has 20 heavy (non-hydrogen) atoms. The molecule has 1 aliphatic carbocycles. The van der Waals surface area contributed by atoms with Crippen LogP contribution >= 0.6 is 0 Å². The van der Waals surface area contributed by atoms with Crippen molar-refractivity contribution in [2.45, 2.75) is 84.0 Å². The van der Waals surface area contributed by atoms with Crippen molar-refractivity contribution in [1.29, 1.82) is 0 Å². The lowest BCUT2D eigenvalue weighted by Crippen LogP contribution is -2.46. The molecule has 1 unspecified atom stereocenters. The minimum Gasteiger partial charge on any atom is -0.389 e. The zero-order valence-electron chi connectivity index (χ0n) is 13.5. The Hall–Kier alpha value is -0.610. The molecular weight excluding hydrogens is 254 g/mol. The molecule has 0 heterocycles. The monoisotopic (exact) mass is 285 g/mol. The van der Waals surface area contributed by atoms with Gasteiger partial charge in [0.15, 0.2) is 0 Å². The molecule has 0 bridgehead atoms. The number of rotatable bonds is 6. The molecule has 4 heteroatoms. The zero-order chi connectivity index (χ0) is 15.2. The third-order valence-corrected chi connectivity index (χ3v) is 3.82. The van der Waals surface area contributed by atoms with Crippen molar-refractivity contribution in [3.8, 4) is 0 Å². The van der Waals surface area contributed by atoms with E-state index in [4.69, 9.17) is 4.74 Å². The first kappa shape index (κ1) is 17.4. The van der Waals surface area contributed by atoms with Gasteiger partial charge in [0, 0.05) is 13.1 Å². The first-order chi connectivity index (χ1) is 9.33. The van der Waals surface area contributed by atoms with Gasteiger partial charge in [0.25, 0.3) is 5.91 Å². The van der Waals surface area contributed by atoms with Gasteiger partial charge in [-0.1, -0.05) is 25.7 Å². The molecule has 0 aromatic rings. The van der Waals surface area contributed by atoms with Gasteiger partial charge in [-0.25, -0.2) is 0 Å². The molecule has 1 rings (SSSR count). The van der Waals surface area contributed by atoms with Gasteiger partial charge in [-0.2, -0.15) is 0 Å². The highest BCUT2D eigenvalue weighted by molar-refractivity contribution is 5.80. The van der Waals surface area contributed by atoms with Gasteiger partial charge in [-0.3, -0.25) is 4.79 Å². The lowest BCUT2D eigenvalue weighted by Gasteiger charge is -2.31. The molecular formula is C16H31NO3. The second kappa shape index (κ2) is 7.99. The van der Waals surface area contributed by atoms with Crippen LogP contribution in [0.2, 0.25) is 0 Å². The zero-order valence-corrected chi connectivity index (χ0v) is 13.5. The summed E-state index contributed by atoms with van der Waals surface area (Å²) in [6, 6.07) is 0. The maximum atomic E-state index is 12.4. The standard InChI is InChI=1S/C16H31NO3/c1-5-17(12-16(3,4)19)15(18)13(2)20-14-10-8-6-7-9-11-14/h13-14,19H,5-12H2,1-4H3. The number of hydrogen-bond acceptors (Lipinski definition) is 3. The Morgan fingerprint density at radius 2 is 1.85 bits per heavy atom. The maximum Gasteiger partial charge on any atom is 0.251 e. The molecule has 1 N–H and O–H groups in total. The number of carbonyl (C=O) groups is 1. The molecule has 0 radical (unpaired) electrons. The Kier molecular flexibility index (Phi) is 6.96. The highest BCUT2D eigenvalue weighted by atomic mass is 16.5. The van der Waals surface area contributed by atoms with Gasteiger partial charge in [-0.15, -0.1) is 0 Å². The van der Waals surface area contributed by atoms with Crippen LogP contribution < -0.4 is 0 Å². The Balaban J connectivity index is 2.50. The second-order valence-electron chi connectivity index (χ2n) is 6.56. The third kappa shape index (κ3) is 6.23. The van der Waals surface area contributed by atoms with E-state index in [9.17, 15) is 9.90 Å². The van der Waals surface area contributed by atoms with Crippen LogP contribution in [0, 0.1) is 0 Å². The molecule has 0 spiro atoms. The maximum absolute atomic E-state index is 12.4. The van der Waals surface area contributed by atoms with Gasteiger partial charge in [0.05, 0.1) is 11.7 Å². The Bertz CT molecular complexity index is 291. The summed E-state index contributed by atoms with van der Waals surface area (Å²) in [6.07, 6.45) is 6.89. The molecule has 1 amide bonds. The van der Waals surface area contributed by atoms with E-state index in [1.165, 1.54) is 25.7 Å². The van der Waals surface area contributed by atoms with E-state index in [0.717, 1.165) is 12.8 Å². The molecule has 1 fully saturated rings. The predicted molar refractivity (Wildman–Crippen MR) is 80.6 cm³/mol. The second-order valence-corrected chi connectivity index (χ2v) is 6.56. The molecule has 0 aliphatic heterocycles. The van der Waals surface area contributed by atoms with Crippen molar-refractivity contribution < 1.29 is 14.6 Å². The Morgan fingerprint density at radius 1 is 1.30 bits per heavy atom. The number of nitrogens with zero attached hydrogens (tertiary/aromatic N) is 1. The van der Waals surface area contributed by atoms with Crippen molar-refractivity contribution in [3.63, 3.8) is 0 Å². The topological polar surface area (TPSA) is 49.8 Å². The van der Waals surface area contributed by atoms with Gasteiger partial charge < -0.3 is 14.7 Å². The minimum absolute atomic E-state index is 0.0149. The third-order valence-electron chi connectivity index (χ3n) is 3.82. The molecule has 118 valence electrons. The smallest absolute Gasteiger partial charge is 0.251 e. The molecule has 4 nitrogen and oxygen atoms in total. The van der Waals surface area contributed by atoms with Crippen LogP contribution in [0.4, 0.5) is 0 Å². The van der Waals surface area contributed by atoms with Crippen LogP contribution in [0.5, 0.6) is 0 Å². The van der Waals surface area contributed by atoms with Crippen LogP contribution in [0.3, 0.4) is 0 Å². The summed E-state index contributed by atoms with van der Waals surface area (Å²) >= 11 is 0. The average molecular weight is 285 g/mol. The van der Waals surface area contributed by atoms with Crippen LogP contribution in [-0.2, 0) is 9.53 Å². The van der Waals surface area contributed by atoms with Gasteiger partial charge in [-0.05, 0) is 40.5 Å². The van der Waals surface area contributed by atoms with E-state index in [1.54, 1.807) is 18.7 Å². The number of amides is 1. The van der Waals surface area contributed by atoms with Crippen molar-refractivity contribution in [2.24, 2.45) is 0 Å².